The first-order valence-electron chi connectivity index (χ1n) is 5.69. The Bertz CT molecular complexity index is 759. The standard InChI is InChI=1S/C15H9ClO3/c1-19-15-12(16)13(17)10-6-8-4-2-3-5-9(8)7-11(10)14(15)18/h2-7H,1H3. The molecule has 1 aliphatic carbocycles. The highest BCUT2D eigenvalue weighted by Gasteiger charge is 2.32. The molecule has 2 aromatic carbocycles. The molecule has 0 aromatic heterocycles. The maximum absolute atomic E-state index is 12.2. The second-order valence-electron chi connectivity index (χ2n) is 4.25. The molecule has 94 valence electrons. The summed E-state index contributed by atoms with van der Waals surface area (Å²) < 4.78 is 4.93. The van der Waals surface area contributed by atoms with Crippen LogP contribution in [-0.2, 0) is 4.74 Å². The highest BCUT2D eigenvalue weighted by molar-refractivity contribution is 6.49. The van der Waals surface area contributed by atoms with Crippen molar-refractivity contribution in [1.82, 2.24) is 0 Å². The fraction of sp³-hybridized carbons (Fsp3) is 0.0667. The molecule has 0 aliphatic heterocycles. The van der Waals surface area contributed by atoms with E-state index in [0.29, 0.717) is 11.1 Å². The molecule has 0 bridgehead atoms. The van der Waals surface area contributed by atoms with E-state index in [1.165, 1.54) is 7.11 Å². The molecule has 1 aliphatic rings. The summed E-state index contributed by atoms with van der Waals surface area (Å²) in [6.07, 6.45) is 0. The molecule has 0 amide bonds. The number of hydrogen-bond acceptors (Lipinski definition) is 3. The monoisotopic (exact) mass is 272 g/mol. The maximum atomic E-state index is 12.2. The van der Waals surface area contributed by atoms with Crippen LogP contribution in [0.25, 0.3) is 10.8 Å². The number of hydrogen-bond donors (Lipinski definition) is 0. The molecule has 2 aromatic rings. The van der Waals surface area contributed by atoms with Crippen LogP contribution < -0.4 is 0 Å². The number of allylic oxidation sites excluding steroid dienone is 2. The zero-order valence-electron chi connectivity index (χ0n) is 10.1. The molecule has 3 nitrogen and oxygen atoms in total. The van der Waals surface area contributed by atoms with Crippen LogP contribution in [0.3, 0.4) is 0 Å². The third-order valence-corrected chi connectivity index (χ3v) is 3.53. The Morgan fingerprint density at radius 1 is 0.947 bits per heavy atom. The maximum Gasteiger partial charge on any atom is 0.230 e. The van der Waals surface area contributed by atoms with Crippen molar-refractivity contribution in [2.24, 2.45) is 0 Å². The van der Waals surface area contributed by atoms with Crippen LogP contribution in [0.4, 0.5) is 0 Å². The Morgan fingerprint density at radius 2 is 1.47 bits per heavy atom. The van der Waals surface area contributed by atoms with Crippen molar-refractivity contribution >= 4 is 33.9 Å². The van der Waals surface area contributed by atoms with Crippen molar-refractivity contribution in [2.45, 2.75) is 0 Å². The van der Waals surface area contributed by atoms with Crippen LogP contribution >= 0.6 is 11.6 Å². The van der Waals surface area contributed by atoms with E-state index in [-0.39, 0.29) is 22.4 Å². The third kappa shape index (κ3) is 1.66. The number of methoxy groups -OCH3 is 1. The van der Waals surface area contributed by atoms with Crippen LogP contribution in [0.15, 0.2) is 47.2 Å². The average molecular weight is 273 g/mol. The Kier molecular flexibility index (Phi) is 2.64. The summed E-state index contributed by atoms with van der Waals surface area (Å²) in [5, 5.41) is 1.64. The van der Waals surface area contributed by atoms with E-state index >= 15 is 0 Å². The van der Waals surface area contributed by atoms with Crippen molar-refractivity contribution in [3.63, 3.8) is 0 Å². The zero-order valence-corrected chi connectivity index (χ0v) is 10.8. The van der Waals surface area contributed by atoms with Gasteiger partial charge in [0, 0.05) is 11.1 Å². The van der Waals surface area contributed by atoms with Crippen molar-refractivity contribution < 1.29 is 14.3 Å². The molecule has 0 fully saturated rings. The largest absolute Gasteiger partial charge is 0.491 e. The summed E-state index contributed by atoms with van der Waals surface area (Å²) in [7, 11) is 1.33. The van der Waals surface area contributed by atoms with E-state index in [2.05, 4.69) is 0 Å². The van der Waals surface area contributed by atoms with Crippen LogP contribution in [0.2, 0.25) is 0 Å². The number of Topliss-reactive ketones (excluding diaryl/α,β-unsaturated/α-hetero) is 2. The average Bonchev–Trinajstić information content (AvgIpc) is 2.44. The molecule has 0 unspecified atom stereocenters. The highest BCUT2D eigenvalue weighted by atomic mass is 35.5. The lowest BCUT2D eigenvalue weighted by atomic mass is 9.90. The van der Waals surface area contributed by atoms with Gasteiger partial charge >= 0.3 is 0 Å². The van der Waals surface area contributed by atoms with Gasteiger partial charge in [-0.1, -0.05) is 35.9 Å². The third-order valence-electron chi connectivity index (χ3n) is 3.18. The minimum absolute atomic E-state index is 0.0885. The number of ether oxygens (including phenoxy) is 1. The highest BCUT2D eigenvalue weighted by Crippen LogP contribution is 2.31. The molecule has 19 heavy (non-hydrogen) atoms. The fourth-order valence-corrected chi connectivity index (χ4v) is 2.51. The van der Waals surface area contributed by atoms with Gasteiger partial charge in [0.25, 0.3) is 0 Å². The second kappa shape index (κ2) is 4.21. The minimum Gasteiger partial charge on any atom is -0.491 e. The van der Waals surface area contributed by atoms with E-state index in [0.717, 1.165) is 10.8 Å². The van der Waals surface area contributed by atoms with Gasteiger partial charge in [0.15, 0.2) is 5.76 Å². The smallest absolute Gasteiger partial charge is 0.230 e. The molecule has 0 saturated heterocycles. The molecule has 3 rings (SSSR count). The van der Waals surface area contributed by atoms with Gasteiger partial charge in [-0.05, 0) is 22.9 Å². The van der Waals surface area contributed by atoms with Crippen molar-refractivity contribution in [3.8, 4) is 0 Å². The van der Waals surface area contributed by atoms with Crippen LogP contribution in [-0.4, -0.2) is 18.7 Å². The SMILES string of the molecule is COC1=C(Cl)C(=O)c2cc3ccccc3cc2C1=O. The van der Waals surface area contributed by atoms with E-state index in [9.17, 15) is 9.59 Å². The lowest BCUT2D eigenvalue weighted by molar-refractivity contribution is 0.0913. The summed E-state index contributed by atoms with van der Waals surface area (Å²) in [5.41, 5.74) is 0.666. The number of carbonyl (C=O) groups is 2. The normalized spacial score (nSPS) is 14.8. The van der Waals surface area contributed by atoms with E-state index in [4.69, 9.17) is 16.3 Å². The summed E-state index contributed by atoms with van der Waals surface area (Å²) in [6, 6.07) is 10.9. The molecule has 0 spiro atoms. The summed E-state index contributed by atoms with van der Waals surface area (Å²) in [5.74, 6) is -0.818. The van der Waals surface area contributed by atoms with Gasteiger partial charge in [-0.3, -0.25) is 9.59 Å². The molecular formula is C15H9ClO3. The van der Waals surface area contributed by atoms with Crippen LogP contribution in [0.5, 0.6) is 0 Å². The van der Waals surface area contributed by atoms with Crippen molar-refractivity contribution in [2.75, 3.05) is 7.11 Å². The number of rotatable bonds is 1. The Hall–Kier alpha value is -2.13. The summed E-state index contributed by atoms with van der Waals surface area (Å²) in [4.78, 5) is 24.4. The molecule has 0 heterocycles. The predicted molar refractivity (Wildman–Crippen MR) is 72.5 cm³/mol. The number of halogens is 1. The van der Waals surface area contributed by atoms with E-state index in [1.54, 1.807) is 12.1 Å². The lowest BCUT2D eigenvalue weighted by Crippen LogP contribution is -2.20. The van der Waals surface area contributed by atoms with Crippen LogP contribution in [0.1, 0.15) is 20.7 Å². The molecule has 0 atom stereocenters. The molecular weight excluding hydrogens is 264 g/mol. The Morgan fingerprint density at radius 3 is 2.00 bits per heavy atom. The van der Waals surface area contributed by atoms with Gasteiger partial charge in [-0.2, -0.15) is 0 Å². The van der Waals surface area contributed by atoms with Gasteiger partial charge in [-0.25, -0.2) is 0 Å². The molecule has 0 N–H and O–H groups in total. The first-order valence-corrected chi connectivity index (χ1v) is 6.07. The number of carbonyl (C=O) groups excluding carboxylic acids is 2. The first-order chi connectivity index (χ1) is 9.13. The van der Waals surface area contributed by atoms with Crippen molar-refractivity contribution in [1.29, 1.82) is 0 Å². The predicted octanol–water partition coefficient (Wildman–Crippen LogP) is 3.32. The zero-order chi connectivity index (χ0) is 13.6. The Balaban J connectivity index is 2.34. The van der Waals surface area contributed by atoms with Gasteiger partial charge < -0.3 is 4.74 Å². The second-order valence-corrected chi connectivity index (χ2v) is 4.63. The molecule has 0 radical (unpaired) electrons. The lowest BCUT2D eigenvalue weighted by Gasteiger charge is -2.17. The quantitative estimate of drug-likeness (QED) is 0.800. The Labute approximate surface area is 114 Å². The van der Waals surface area contributed by atoms with Crippen LogP contribution in [0, 0.1) is 0 Å². The van der Waals surface area contributed by atoms with Gasteiger partial charge in [0.05, 0.1) is 7.11 Å². The number of fused-ring (bicyclic) bond motifs is 2. The summed E-state index contributed by atoms with van der Waals surface area (Å²) >= 11 is 5.89. The fourth-order valence-electron chi connectivity index (χ4n) is 2.24. The van der Waals surface area contributed by atoms with Crippen molar-refractivity contribution in [3.05, 3.63) is 58.3 Å². The van der Waals surface area contributed by atoms with Gasteiger partial charge in [-0.15, -0.1) is 0 Å². The van der Waals surface area contributed by atoms with E-state index < -0.39 is 0 Å². The molecule has 0 saturated carbocycles. The topological polar surface area (TPSA) is 43.4 Å². The first kappa shape index (κ1) is 11.9. The van der Waals surface area contributed by atoms with Gasteiger partial charge in [0.2, 0.25) is 11.6 Å². The number of benzene rings is 2. The van der Waals surface area contributed by atoms with E-state index in [1.807, 2.05) is 24.3 Å². The number of ketones is 2. The van der Waals surface area contributed by atoms with Gasteiger partial charge in [0.1, 0.15) is 5.03 Å². The minimum atomic E-state index is -0.376. The summed E-state index contributed by atoms with van der Waals surface area (Å²) in [6.45, 7) is 0. The molecule has 4 heteroatoms.